The Bertz CT molecular complexity index is 511. The standard InChI is InChI=1S/C11H10BrN3O/c1-15-10(9(12)6-14-15)11(16)7-2-4-8(13)5-3-7/h2-6H,13H2,1H3. The smallest absolute Gasteiger partial charge is 0.212 e. The Labute approximate surface area is 101 Å². The summed E-state index contributed by atoms with van der Waals surface area (Å²) in [4.78, 5) is 12.1. The molecule has 0 unspecified atom stereocenters. The molecule has 0 aliphatic rings. The van der Waals surface area contributed by atoms with Crippen molar-refractivity contribution >= 4 is 27.4 Å². The zero-order valence-electron chi connectivity index (χ0n) is 8.64. The molecule has 1 aromatic carbocycles. The molecule has 82 valence electrons. The van der Waals surface area contributed by atoms with E-state index >= 15 is 0 Å². The lowest BCUT2D eigenvalue weighted by molar-refractivity contribution is 0.102. The molecule has 5 heteroatoms. The second kappa shape index (κ2) is 4.09. The zero-order valence-corrected chi connectivity index (χ0v) is 10.2. The summed E-state index contributed by atoms with van der Waals surface area (Å²) in [5.41, 5.74) is 7.33. The highest BCUT2D eigenvalue weighted by molar-refractivity contribution is 9.10. The van der Waals surface area contributed by atoms with Crippen molar-refractivity contribution in [1.82, 2.24) is 9.78 Å². The highest BCUT2D eigenvalue weighted by atomic mass is 79.9. The summed E-state index contributed by atoms with van der Waals surface area (Å²) in [7, 11) is 1.73. The minimum absolute atomic E-state index is 0.0770. The van der Waals surface area contributed by atoms with Gasteiger partial charge in [0.2, 0.25) is 5.78 Å². The van der Waals surface area contributed by atoms with Gasteiger partial charge in [-0.3, -0.25) is 9.48 Å². The molecular weight excluding hydrogens is 270 g/mol. The number of rotatable bonds is 2. The van der Waals surface area contributed by atoms with Crippen molar-refractivity contribution < 1.29 is 4.79 Å². The van der Waals surface area contributed by atoms with Crippen molar-refractivity contribution in [2.75, 3.05) is 5.73 Å². The highest BCUT2D eigenvalue weighted by Gasteiger charge is 2.16. The molecular formula is C11H10BrN3O. The normalized spacial score (nSPS) is 10.4. The van der Waals surface area contributed by atoms with Crippen molar-refractivity contribution in [3.63, 3.8) is 0 Å². The van der Waals surface area contributed by atoms with E-state index in [-0.39, 0.29) is 5.78 Å². The van der Waals surface area contributed by atoms with Crippen molar-refractivity contribution in [1.29, 1.82) is 0 Å². The number of aromatic nitrogens is 2. The van der Waals surface area contributed by atoms with Crippen LogP contribution in [-0.2, 0) is 7.05 Å². The fourth-order valence-corrected chi connectivity index (χ4v) is 1.97. The van der Waals surface area contributed by atoms with E-state index in [1.807, 2.05) is 0 Å². The van der Waals surface area contributed by atoms with Gasteiger partial charge in [-0.15, -0.1) is 0 Å². The molecule has 0 atom stereocenters. The van der Waals surface area contributed by atoms with E-state index in [2.05, 4.69) is 21.0 Å². The molecule has 1 aromatic heterocycles. The summed E-state index contributed by atoms with van der Waals surface area (Å²) in [6.45, 7) is 0. The number of nitrogens with zero attached hydrogens (tertiary/aromatic N) is 2. The monoisotopic (exact) mass is 279 g/mol. The van der Waals surface area contributed by atoms with Crippen LogP contribution in [0.3, 0.4) is 0 Å². The number of aryl methyl sites for hydroxylation is 1. The van der Waals surface area contributed by atoms with E-state index in [4.69, 9.17) is 5.73 Å². The number of ketones is 1. The van der Waals surface area contributed by atoms with Crippen LogP contribution in [-0.4, -0.2) is 15.6 Å². The molecule has 0 saturated heterocycles. The fraction of sp³-hybridized carbons (Fsp3) is 0.0909. The van der Waals surface area contributed by atoms with Crippen LogP contribution < -0.4 is 5.73 Å². The molecule has 0 saturated carbocycles. The zero-order chi connectivity index (χ0) is 11.7. The molecule has 1 heterocycles. The number of halogens is 1. The van der Waals surface area contributed by atoms with E-state index in [1.54, 1.807) is 42.2 Å². The van der Waals surface area contributed by atoms with Gasteiger partial charge in [-0.2, -0.15) is 5.10 Å². The lowest BCUT2D eigenvalue weighted by Crippen LogP contribution is -2.08. The molecule has 0 bridgehead atoms. The Hall–Kier alpha value is -1.62. The van der Waals surface area contributed by atoms with Crippen molar-refractivity contribution in [2.24, 2.45) is 7.05 Å². The van der Waals surface area contributed by atoms with Crippen LogP contribution in [0.2, 0.25) is 0 Å². The number of carbonyl (C=O) groups is 1. The summed E-state index contributed by atoms with van der Waals surface area (Å²) >= 11 is 3.30. The molecule has 4 nitrogen and oxygen atoms in total. The van der Waals surface area contributed by atoms with Crippen LogP contribution >= 0.6 is 15.9 Å². The third kappa shape index (κ3) is 1.86. The van der Waals surface area contributed by atoms with Gasteiger partial charge in [-0.1, -0.05) is 0 Å². The Morgan fingerprint density at radius 3 is 2.50 bits per heavy atom. The Morgan fingerprint density at radius 2 is 2.00 bits per heavy atom. The van der Waals surface area contributed by atoms with Crippen LogP contribution in [0, 0.1) is 0 Å². The van der Waals surface area contributed by atoms with Gasteiger partial charge in [0.05, 0.1) is 10.7 Å². The predicted molar refractivity (Wildman–Crippen MR) is 65.2 cm³/mol. The molecule has 2 rings (SSSR count). The number of nitrogens with two attached hydrogens (primary N) is 1. The molecule has 0 aliphatic carbocycles. The first-order chi connectivity index (χ1) is 7.59. The maximum absolute atomic E-state index is 12.1. The first kappa shape index (κ1) is 10.9. The molecule has 0 aliphatic heterocycles. The molecule has 0 fully saturated rings. The summed E-state index contributed by atoms with van der Waals surface area (Å²) in [6, 6.07) is 6.82. The summed E-state index contributed by atoms with van der Waals surface area (Å²) in [6.07, 6.45) is 1.60. The maximum Gasteiger partial charge on any atom is 0.212 e. The fourth-order valence-electron chi connectivity index (χ4n) is 1.44. The second-order valence-electron chi connectivity index (χ2n) is 3.42. The van der Waals surface area contributed by atoms with E-state index < -0.39 is 0 Å². The second-order valence-corrected chi connectivity index (χ2v) is 4.27. The maximum atomic E-state index is 12.1. The van der Waals surface area contributed by atoms with Gasteiger partial charge in [-0.05, 0) is 40.2 Å². The number of carbonyl (C=O) groups excluding carboxylic acids is 1. The van der Waals surface area contributed by atoms with Gasteiger partial charge in [0.1, 0.15) is 5.69 Å². The number of nitrogen functional groups attached to an aromatic ring is 1. The van der Waals surface area contributed by atoms with Crippen LogP contribution in [0.4, 0.5) is 5.69 Å². The first-order valence-corrected chi connectivity index (χ1v) is 5.46. The number of hydrogen-bond acceptors (Lipinski definition) is 3. The molecule has 16 heavy (non-hydrogen) atoms. The predicted octanol–water partition coefficient (Wildman–Crippen LogP) is 2.00. The molecule has 2 N–H and O–H groups in total. The van der Waals surface area contributed by atoms with Crippen LogP contribution in [0.1, 0.15) is 16.1 Å². The lowest BCUT2D eigenvalue weighted by atomic mass is 10.1. The average molecular weight is 280 g/mol. The largest absolute Gasteiger partial charge is 0.399 e. The minimum atomic E-state index is -0.0770. The van der Waals surface area contributed by atoms with E-state index in [1.165, 1.54) is 0 Å². The lowest BCUT2D eigenvalue weighted by Gasteiger charge is -2.02. The number of benzene rings is 1. The third-order valence-corrected chi connectivity index (χ3v) is 2.86. The van der Waals surface area contributed by atoms with Gasteiger partial charge in [0, 0.05) is 18.3 Å². The molecule has 0 amide bonds. The number of hydrogen-bond donors (Lipinski definition) is 1. The topological polar surface area (TPSA) is 60.9 Å². The average Bonchev–Trinajstić information content (AvgIpc) is 2.59. The minimum Gasteiger partial charge on any atom is -0.399 e. The Kier molecular flexibility index (Phi) is 2.78. The Balaban J connectivity index is 2.43. The van der Waals surface area contributed by atoms with Gasteiger partial charge in [0.25, 0.3) is 0 Å². The molecule has 2 aromatic rings. The first-order valence-electron chi connectivity index (χ1n) is 4.67. The summed E-state index contributed by atoms with van der Waals surface area (Å²) in [5.74, 6) is -0.0770. The van der Waals surface area contributed by atoms with Gasteiger partial charge in [-0.25, -0.2) is 0 Å². The van der Waals surface area contributed by atoms with Crippen molar-refractivity contribution in [3.05, 3.63) is 46.2 Å². The Morgan fingerprint density at radius 1 is 1.38 bits per heavy atom. The number of anilines is 1. The van der Waals surface area contributed by atoms with Gasteiger partial charge in [0.15, 0.2) is 0 Å². The summed E-state index contributed by atoms with van der Waals surface area (Å²) in [5, 5.41) is 4.00. The van der Waals surface area contributed by atoms with Gasteiger partial charge >= 0.3 is 0 Å². The summed E-state index contributed by atoms with van der Waals surface area (Å²) < 4.78 is 2.24. The van der Waals surface area contributed by atoms with E-state index in [0.717, 1.165) is 0 Å². The molecule has 0 spiro atoms. The third-order valence-electron chi connectivity index (χ3n) is 2.28. The van der Waals surface area contributed by atoms with E-state index in [9.17, 15) is 4.79 Å². The van der Waals surface area contributed by atoms with Crippen molar-refractivity contribution in [2.45, 2.75) is 0 Å². The quantitative estimate of drug-likeness (QED) is 0.676. The SMILES string of the molecule is Cn1ncc(Br)c1C(=O)c1ccc(N)cc1. The van der Waals surface area contributed by atoms with Crippen LogP contribution in [0.5, 0.6) is 0 Å². The van der Waals surface area contributed by atoms with Crippen LogP contribution in [0.25, 0.3) is 0 Å². The molecule has 0 radical (unpaired) electrons. The van der Waals surface area contributed by atoms with Crippen LogP contribution in [0.15, 0.2) is 34.9 Å². The van der Waals surface area contributed by atoms with E-state index in [0.29, 0.717) is 21.4 Å². The van der Waals surface area contributed by atoms with Crippen molar-refractivity contribution in [3.8, 4) is 0 Å². The van der Waals surface area contributed by atoms with Gasteiger partial charge < -0.3 is 5.73 Å². The highest BCUT2D eigenvalue weighted by Crippen LogP contribution is 2.19.